The van der Waals surface area contributed by atoms with Crippen molar-refractivity contribution in [2.75, 3.05) is 46.5 Å². The second-order valence-electron chi connectivity index (χ2n) is 9.24. The molecule has 0 bridgehead atoms. The zero-order valence-electron chi connectivity index (χ0n) is 20.2. The van der Waals surface area contributed by atoms with Gasteiger partial charge in [0.2, 0.25) is 0 Å². The lowest BCUT2D eigenvalue weighted by Crippen LogP contribution is -2.43. The molecule has 1 heterocycles. The van der Waals surface area contributed by atoms with Gasteiger partial charge in [-0.05, 0) is 49.7 Å². The van der Waals surface area contributed by atoms with Crippen LogP contribution in [-0.2, 0) is 22.6 Å². The molecule has 1 unspecified atom stereocenters. The Balaban J connectivity index is 0.00000363. The van der Waals surface area contributed by atoms with E-state index in [9.17, 15) is 0 Å². The summed E-state index contributed by atoms with van der Waals surface area (Å²) in [5, 5.41) is 7.05. The van der Waals surface area contributed by atoms with Gasteiger partial charge < -0.3 is 20.1 Å². The van der Waals surface area contributed by atoms with Crippen LogP contribution in [0.5, 0.6) is 0 Å². The largest absolute Gasteiger partial charge is 0.385 e. The smallest absolute Gasteiger partial charge is 0.191 e. The second kappa shape index (κ2) is 14.4. The Hall–Kier alpha value is -0.900. The Morgan fingerprint density at radius 1 is 1.25 bits per heavy atom. The molecule has 0 radical (unpaired) electrons. The van der Waals surface area contributed by atoms with Gasteiger partial charge in [0.1, 0.15) is 0 Å². The van der Waals surface area contributed by atoms with Crippen LogP contribution in [0.25, 0.3) is 0 Å². The molecule has 1 aliphatic heterocycles. The number of methoxy groups -OCH3 is 1. The van der Waals surface area contributed by atoms with Gasteiger partial charge in [0.05, 0.1) is 19.3 Å². The van der Waals surface area contributed by atoms with E-state index >= 15 is 0 Å². The van der Waals surface area contributed by atoms with Gasteiger partial charge in [-0.2, -0.15) is 0 Å². The Morgan fingerprint density at radius 3 is 2.75 bits per heavy atom. The molecule has 2 fully saturated rings. The van der Waals surface area contributed by atoms with Crippen molar-refractivity contribution >= 4 is 29.9 Å². The van der Waals surface area contributed by atoms with Crippen LogP contribution in [0.15, 0.2) is 29.3 Å². The predicted molar refractivity (Wildman–Crippen MR) is 143 cm³/mol. The molecule has 6 nitrogen and oxygen atoms in total. The molecule has 3 rings (SSSR count). The van der Waals surface area contributed by atoms with E-state index in [-0.39, 0.29) is 24.0 Å². The van der Waals surface area contributed by atoms with Gasteiger partial charge in [0.25, 0.3) is 0 Å². The molecule has 1 atom stereocenters. The zero-order valence-corrected chi connectivity index (χ0v) is 22.5. The quantitative estimate of drug-likeness (QED) is 0.257. The van der Waals surface area contributed by atoms with Crippen molar-refractivity contribution in [3.05, 3.63) is 35.4 Å². The van der Waals surface area contributed by atoms with Crippen molar-refractivity contribution in [3.63, 3.8) is 0 Å². The number of guanidine groups is 1. The summed E-state index contributed by atoms with van der Waals surface area (Å²) in [6.07, 6.45) is 6.66. The number of benzene rings is 1. The molecule has 32 heavy (non-hydrogen) atoms. The number of nitrogens with one attached hydrogen (secondary N) is 2. The second-order valence-corrected chi connectivity index (χ2v) is 9.24. The SMILES string of the molecule is CCNC(=NCc1cccc(CN2CCOC(C)C2)c1)NCC1(CCOC)CCCC1.I. The third-order valence-corrected chi connectivity index (χ3v) is 6.62. The summed E-state index contributed by atoms with van der Waals surface area (Å²) in [4.78, 5) is 7.36. The van der Waals surface area contributed by atoms with E-state index in [1.54, 1.807) is 7.11 Å². The summed E-state index contributed by atoms with van der Waals surface area (Å²) < 4.78 is 11.0. The molecule has 1 aromatic carbocycles. The van der Waals surface area contributed by atoms with Gasteiger partial charge in [0.15, 0.2) is 5.96 Å². The lowest BCUT2D eigenvalue weighted by Gasteiger charge is -2.31. The number of rotatable bonds is 10. The summed E-state index contributed by atoms with van der Waals surface area (Å²) in [7, 11) is 1.80. The maximum Gasteiger partial charge on any atom is 0.191 e. The monoisotopic (exact) mass is 558 g/mol. The first-order chi connectivity index (χ1) is 15.1. The summed E-state index contributed by atoms with van der Waals surface area (Å²) in [5.74, 6) is 0.915. The fourth-order valence-electron chi connectivity index (χ4n) is 4.86. The third-order valence-electron chi connectivity index (χ3n) is 6.62. The van der Waals surface area contributed by atoms with Crippen molar-refractivity contribution in [1.29, 1.82) is 0 Å². The zero-order chi connectivity index (χ0) is 21.9. The van der Waals surface area contributed by atoms with Crippen LogP contribution in [0.4, 0.5) is 0 Å². The molecule has 0 spiro atoms. The molecular formula is C25H43IN4O2. The molecule has 2 aliphatic rings. The maximum atomic E-state index is 5.67. The normalized spacial score (nSPS) is 21.2. The fourth-order valence-corrected chi connectivity index (χ4v) is 4.86. The molecular weight excluding hydrogens is 515 g/mol. The molecule has 7 heteroatoms. The van der Waals surface area contributed by atoms with Crippen LogP contribution >= 0.6 is 24.0 Å². The van der Waals surface area contributed by atoms with Crippen LogP contribution in [-0.4, -0.2) is 63.5 Å². The third kappa shape index (κ3) is 8.80. The topological polar surface area (TPSA) is 58.1 Å². The Kier molecular flexibility index (Phi) is 12.3. The molecule has 1 aliphatic carbocycles. The minimum absolute atomic E-state index is 0. The minimum atomic E-state index is 0. The Labute approximate surface area is 211 Å². The molecule has 0 aromatic heterocycles. The van der Waals surface area contributed by atoms with E-state index in [0.29, 0.717) is 18.1 Å². The minimum Gasteiger partial charge on any atom is -0.385 e. The highest BCUT2D eigenvalue weighted by atomic mass is 127. The molecule has 1 saturated carbocycles. The number of nitrogens with zero attached hydrogens (tertiary/aromatic N) is 2. The first-order valence-corrected chi connectivity index (χ1v) is 12.1. The van der Waals surface area contributed by atoms with Crippen LogP contribution in [0.3, 0.4) is 0 Å². The van der Waals surface area contributed by atoms with Crippen LogP contribution in [0, 0.1) is 5.41 Å². The maximum absolute atomic E-state index is 5.67. The van der Waals surface area contributed by atoms with Gasteiger partial charge in [-0.15, -0.1) is 24.0 Å². The lowest BCUT2D eigenvalue weighted by atomic mass is 9.83. The predicted octanol–water partition coefficient (Wildman–Crippen LogP) is 4.18. The summed E-state index contributed by atoms with van der Waals surface area (Å²) in [6.45, 7) is 11.4. The van der Waals surface area contributed by atoms with Crippen LogP contribution < -0.4 is 10.6 Å². The highest BCUT2D eigenvalue weighted by molar-refractivity contribution is 14.0. The summed E-state index contributed by atoms with van der Waals surface area (Å²) >= 11 is 0. The number of halogens is 1. The lowest BCUT2D eigenvalue weighted by molar-refractivity contribution is -0.0212. The van der Waals surface area contributed by atoms with Crippen molar-refractivity contribution in [3.8, 4) is 0 Å². The molecule has 2 N–H and O–H groups in total. The van der Waals surface area contributed by atoms with Crippen LogP contribution in [0.1, 0.15) is 57.1 Å². The van der Waals surface area contributed by atoms with Gasteiger partial charge in [-0.1, -0.05) is 37.1 Å². The average molecular weight is 559 g/mol. The van der Waals surface area contributed by atoms with E-state index in [1.165, 1.54) is 36.8 Å². The fraction of sp³-hybridized carbons (Fsp3) is 0.720. The van der Waals surface area contributed by atoms with Crippen molar-refractivity contribution < 1.29 is 9.47 Å². The van der Waals surface area contributed by atoms with Crippen molar-refractivity contribution in [2.24, 2.45) is 10.4 Å². The van der Waals surface area contributed by atoms with E-state index in [1.807, 2.05) is 0 Å². The van der Waals surface area contributed by atoms with Crippen LogP contribution in [0.2, 0.25) is 0 Å². The number of hydrogen-bond acceptors (Lipinski definition) is 4. The number of hydrogen-bond donors (Lipinski definition) is 2. The number of morpholine rings is 1. The van der Waals surface area contributed by atoms with E-state index < -0.39 is 0 Å². The molecule has 1 aromatic rings. The van der Waals surface area contributed by atoms with E-state index in [2.05, 4.69) is 53.6 Å². The summed E-state index contributed by atoms with van der Waals surface area (Å²) in [6, 6.07) is 8.85. The van der Waals surface area contributed by atoms with Gasteiger partial charge in [0, 0.05) is 46.4 Å². The first kappa shape index (κ1) is 27.3. The Morgan fingerprint density at radius 2 is 2.03 bits per heavy atom. The standard InChI is InChI=1S/C25H42N4O2.HI/c1-4-26-24(28-20-25(12-14-30-3)10-5-6-11-25)27-17-22-8-7-9-23(16-22)19-29-13-15-31-21(2)18-29;/h7-9,16,21H,4-6,10-15,17-20H2,1-3H3,(H2,26,27,28);1H. The van der Waals surface area contributed by atoms with Gasteiger partial charge >= 0.3 is 0 Å². The summed E-state index contributed by atoms with van der Waals surface area (Å²) in [5.41, 5.74) is 2.96. The Bertz CT molecular complexity index is 694. The number of ether oxygens (including phenoxy) is 2. The van der Waals surface area contributed by atoms with Crippen molar-refractivity contribution in [1.82, 2.24) is 15.5 Å². The highest BCUT2D eigenvalue weighted by Gasteiger charge is 2.33. The average Bonchev–Trinajstić information content (AvgIpc) is 3.24. The first-order valence-electron chi connectivity index (χ1n) is 12.1. The number of aliphatic imine (C=N–C) groups is 1. The van der Waals surface area contributed by atoms with Gasteiger partial charge in [-0.25, -0.2) is 4.99 Å². The molecule has 1 saturated heterocycles. The highest BCUT2D eigenvalue weighted by Crippen LogP contribution is 2.40. The molecule has 0 amide bonds. The van der Waals surface area contributed by atoms with E-state index in [4.69, 9.17) is 14.5 Å². The molecule has 182 valence electrons. The van der Waals surface area contributed by atoms with Gasteiger partial charge in [-0.3, -0.25) is 4.90 Å². The van der Waals surface area contributed by atoms with E-state index in [0.717, 1.165) is 58.3 Å². The van der Waals surface area contributed by atoms with Crippen molar-refractivity contribution in [2.45, 2.75) is 65.1 Å².